The monoisotopic (exact) mass is 1460 g/mol. The molecule has 0 aliphatic carbocycles. The van der Waals surface area contributed by atoms with Gasteiger partial charge in [-0.05, 0) is 193 Å². The molecule has 0 atom stereocenters. The Balaban J connectivity index is 0.000000175. The van der Waals surface area contributed by atoms with Crippen LogP contribution < -0.4 is 19.9 Å². The number of fused-ring (bicyclic) bond motifs is 16. The summed E-state index contributed by atoms with van der Waals surface area (Å²) >= 11 is 0. The van der Waals surface area contributed by atoms with Crippen LogP contribution in [0.1, 0.15) is 90.1 Å². The molecule has 14 aromatic rings. The van der Waals surface area contributed by atoms with Crippen LogP contribution in [0.2, 0.25) is 0 Å². The fraction of sp³-hybridized carbons (Fsp3) is 0.0833. The summed E-state index contributed by atoms with van der Waals surface area (Å²) in [6, 6.07) is 86.0. The number of rotatable bonds is 8. The van der Waals surface area contributed by atoms with Gasteiger partial charge in [-0.25, -0.2) is 19.9 Å². The summed E-state index contributed by atoms with van der Waals surface area (Å²) in [7, 11) is 0. The molecule has 0 fully saturated rings. The van der Waals surface area contributed by atoms with Crippen LogP contribution in [-0.4, -0.2) is 19.9 Å². The van der Waals surface area contributed by atoms with Gasteiger partial charge >= 0.3 is 0 Å². The number of hydrogen-bond acceptors (Lipinski definition) is 4. The number of benzene rings is 8. The van der Waals surface area contributed by atoms with Crippen molar-refractivity contribution in [2.24, 2.45) is 0 Å². The predicted molar refractivity (Wildman–Crippen MR) is 436 cm³/mol. The Hall–Kier alpha value is -12.0. The zero-order chi connectivity index (χ0) is 70.7. The molecule has 0 saturated carbocycles. The van der Waals surface area contributed by atoms with E-state index in [0.717, 1.165) is 179 Å². The Kier molecular flexibility index (Phi) is 20.3. The third kappa shape index (κ3) is 14.3. The van der Waals surface area contributed by atoms with Crippen molar-refractivity contribution < 1.29 is 39.6 Å². The maximum absolute atomic E-state index is 5.37. The van der Waals surface area contributed by atoms with Crippen LogP contribution in [0.3, 0.4) is 0 Å². The van der Waals surface area contributed by atoms with Gasteiger partial charge in [0.2, 0.25) is 0 Å². The molecule has 4 aliphatic heterocycles. The number of nitrogens with zero attached hydrogens (tertiary/aromatic N) is 8. The first-order valence-electron chi connectivity index (χ1n) is 35.4. The number of hydrogen-bond donors (Lipinski definition) is 0. The molecule has 0 N–H and O–H groups in total. The first-order chi connectivity index (χ1) is 50.7. The van der Waals surface area contributed by atoms with E-state index in [1.54, 1.807) is 0 Å². The molecule has 107 heavy (non-hydrogen) atoms. The third-order valence-electron chi connectivity index (χ3n) is 19.9. The van der Waals surface area contributed by atoms with Crippen molar-refractivity contribution in [2.45, 2.75) is 55.4 Å². The van der Waals surface area contributed by atoms with Gasteiger partial charge in [0.15, 0.2) is 0 Å². The summed E-state index contributed by atoms with van der Waals surface area (Å²) < 4.78 is 0. The standard InChI is InChI=1S/2C48H36N4.2Fe.O/c2*1-29-5-13-33(14-6-29)45-37-21-23-39(49-37)46(34-15-7-30(2)8-16-34)41-25-27-43(51-41)48(36-19-11-32(4)12-20-36)44-28-26-42(52-44)47(40-24-22-38(45)50-40)35-17-9-31(3)10-18-35;;;/h2*5-28H,1-4H3;;;/q2*-2;;;-2. The normalized spacial score (nSPS) is 11.7. The van der Waals surface area contributed by atoms with Gasteiger partial charge in [0.25, 0.3) is 0 Å². The van der Waals surface area contributed by atoms with Crippen molar-refractivity contribution in [2.75, 3.05) is 0 Å². The van der Waals surface area contributed by atoms with E-state index in [2.05, 4.69) is 347 Å². The zero-order valence-corrected chi connectivity index (χ0v) is 62.6. The second kappa shape index (κ2) is 30.2. The van der Waals surface area contributed by atoms with Crippen molar-refractivity contribution in [1.29, 1.82) is 0 Å². The van der Waals surface area contributed by atoms with Crippen LogP contribution in [-0.2, 0) is 39.6 Å². The van der Waals surface area contributed by atoms with Gasteiger partial charge in [-0.2, -0.15) is 0 Å². The van der Waals surface area contributed by atoms with Crippen molar-refractivity contribution in [1.82, 2.24) is 39.9 Å². The number of aromatic nitrogens is 8. The topological polar surface area (TPSA) is 136 Å². The molecule has 6 aromatic heterocycles. The van der Waals surface area contributed by atoms with Gasteiger partial charge in [0, 0.05) is 34.1 Å². The summed E-state index contributed by atoms with van der Waals surface area (Å²) in [5.41, 5.74) is 39.9. The fourth-order valence-electron chi connectivity index (χ4n) is 14.3. The van der Waals surface area contributed by atoms with Crippen LogP contribution in [0.25, 0.3) is 182 Å². The van der Waals surface area contributed by atoms with E-state index in [0.29, 0.717) is 0 Å². The van der Waals surface area contributed by atoms with Crippen molar-refractivity contribution in [3.8, 4) is 89.0 Å². The quantitative estimate of drug-likeness (QED) is 0.137. The third-order valence-corrected chi connectivity index (χ3v) is 19.9. The Morgan fingerprint density at radius 2 is 0.262 bits per heavy atom. The SMILES string of the molecule is Cc1ccc(-c2c3nc(c(-c4ccc(C)cc4)c4ccc([n-]4)c(-c4ccc(C)cc4)c4nc(c(-c5ccc(C)cc5)c5ccc2[n-]5)C=C4)C=C3)cc1.Cc1ccc(-c2c3nc(c(-c4ccc(C)cc4)c4ccc([n-]4)c(-c4ccc(C)cc4)c4nc(c(-c5ccc(C)cc5)c5ccc2[n-]5)C=C4)C=C3)cc1.[Fe].[Fe].[O-2]. The molecule has 0 saturated heterocycles. The van der Waals surface area contributed by atoms with Gasteiger partial charge in [0.05, 0.1) is 45.6 Å². The Bertz CT molecular complexity index is 5100. The molecule has 10 heterocycles. The first-order valence-corrected chi connectivity index (χ1v) is 35.4. The van der Waals surface area contributed by atoms with Crippen LogP contribution >= 0.6 is 0 Å². The molecule has 8 aromatic carbocycles. The van der Waals surface area contributed by atoms with Gasteiger partial charge in [-0.3, -0.25) is 0 Å². The van der Waals surface area contributed by atoms with Gasteiger partial charge < -0.3 is 25.4 Å². The molecule has 0 radical (unpaired) electrons. The Morgan fingerprint density at radius 1 is 0.159 bits per heavy atom. The Labute approximate surface area is 644 Å². The van der Waals surface area contributed by atoms with Crippen LogP contribution in [0, 0.1) is 55.4 Å². The number of aryl methyl sites for hydroxylation is 8. The van der Waals surface area contributed by atoms with Crippen LogP contribution in [0.4, 0.5) is 0 Å². The minimum atomic E-state index is 0. The molecule has 0 spiro atoms. The zero-order valence-electron chi connectivity index (χ0n) is 60.4. The van der Waals surface area contributed by atoms with E-state index in [-0.39, 0.29) is 39.6 Å². The minimum Gasteiger partial charge on any atom is -2.00 e. The molecule has 9 nitrogen and oxygen atoms in total. The predicted octanol–water partition coefficient (Wildman–Crippen LogP) is 23.5. The van der Waals surface area contributed by atoms with Crippen LogP contribution in [0.15, 0.2) is 243 Å². The smallest absolute Gasteiger partial charge is 0.0704 e. The van der Waals surface area contributed by atoms with Gasteiger partial charge in [-0.1, -0.05) is 287 Å². The van der Waals surface area contributed by atoms with E-state index < -0.39 is 0 Å². The van der Waals surface area contributed by atoms with E-state index >= 15 is 0 Å². The van der Waals surface area contributed by atoms with Gasteiger partial charge in [-0.15, -0.1) is 44.1 Å². The second-order valence-electron chi connectivity index (χ2n) is 27.7. The molecule has 11 heteroatoms. The summed E-state index contributed by atoms with van der Waals surface area (Å²) in [5.74, 6) is 0. The molecular formula is C96H72Fe2N8O-6. The van der Waals surface area contributed by atoms with E-state index in [1.807, 2.05) is 0 Å². The van der Waals surface area contributed by atoms with E-state index in [1.165, 1.54) is 44.5 Å². The first kappa shape index (κ1) is 71.9. The largest absolute Gasteiger partial charge is 2.00 e. The van der Waals surface area contributed by atoms with Crippen molar-refractivity contribution in [3.63, 3.8) is 0 Å². The summed E-state index contributed by atoms with van der Waals surface area (Å²) in [6.45, 7) is 16.9. The second-order valence-corrected chi connectivity index (χ2v) is 27.7. The van der Waals surface area contributed by atoms with E-state index in [9.17, 15) is 0 Å². The fourth-order valence-corrected chi connectivity index (χ4v) is 14.3. The maximum atomic E-state index is 5.37. The minimum absolute atomic E-state index is 0. The maximum Gasteiger partial charge on any atom is 0.0704 e. The summed E-state index contributed by atoms with van der Waals surface area (Å²) in [4.78, 5) is 43.0. The molecule has 18 rings (SSSR count). The molecular weight excluding hydrogens is 1390 g/mol. The average molecular weight is 1470 g/mol. The molecule has 4 aliphatic rings. The summed E-state index contributed by atoms with van der Waals surface area (Å²) in [6.07, 6.45) is 17.0. The van der Waals surface area contributed by atoms with Crippen molar-refractivity contribution in [3.05, 3.63) is 333 Å². The summed E-state index contributed by atoms with van der Waals surface area (Å²) in [5, 5.41) is 0. The molecule has 524 valence electrons. The van der Waals surface area contributed by atoms with Gasteiger partial charge in [0.1, 0.15) is 0 Å². The average Bonchev–Trinajstić information content (AvgIpc) is 1.63. The van der Waals surface area contributed by atoms with Crippen LogP contribution in [0.5, 0.6) is 0 Å². The van der Waals surface area contributed by atoms with Crippen molar-refractivity contribution >= 4 is 92.7 Å². The Morgan fingerprint density at radius 3 is 0.364 bits per heavy atom. The molecule has 0 amide bonds. The molecule has 0 unspecified atom stereocenters. The van der Waals surface area contributed by atoms with E-state index in [4.69, 9.17) is 39.9 Å². The molecule has 16 bridgehead atoms.